The fourth-order valence-electron chi connectivity index (χ4n) is 2.32. The first-order chi connectivity index (χ1) is 9.18. The maximum atomic E-state index is 12.0. The SMILES string of the molecule is Cn1ccnc1C1CNCCN1CCOCC(F)F. The first kappa shape index (κ1) is 14.4. The van der Waals surface area contributed by atoms with Gasteiger partial charge in [0.2, 0.25) is 0 Å². The van der Waals surface area contributed by atoms with E-state index >= 15 is 0 Å². The topological polar surface area (TPSA) is 42.3 Å². The summed E-state index contributed by atoms with van der Waals surface area (Å²) in [5.74, 6) is 0.987. The molecule has 2 heterocycles. The highest BCUT2D eigenvalue weighted by Gasteiger charge is 2.26. The Balaban J connectivity index is 1.88. The van der Waals surface area contributed by atoms with Crippen molar-refractivity contribution < 1.29 is 13.5 Å². The minimum Gasteiger partial charge on any atom is -0.374 e. The van der Waals surface area contributed by atoms with Crippen molar-refractivity contribution in [2.75, 3.05) is 39.4 Å². The van der Waals surface area contributed by atoms with Crippen LogP contribution in [0, 0.1) is 0 Å². The summed E-state index contributed by atoms with van der Waals surface area (Å²) < 4.78 is 30.9. The molecule has 1 N–H and O–H groups in total. The van der Waals surface area contributed by atoms with Crippen LogP contribution in [-0.2, 0) is 11.8 Å². The molecule has 19 heavy (non-hydrogen) atoms. The van der Waals surface area contributed by atoms with Crippen molar-refractivity contribution in [3.63, 3.8) is 0 Å². The predicted molar refractivity (Wildman–Crippen MR) is 67.2 cm³/mol. The number of nitrogens with zero attached hydrogens (tertiary/aromatic N) is 3. The quantitative estimate of drug-likeness (QED) is 0.773. The molecule has 2 rings (SSSR count). The number of halogens is 2. The van der Waals surface area contributed by atoms with Gasteiger partial charge in [-0.15, -0.1) is 0 Å². The van der Waals surface area contributed by atoms with Gasteiger partial charge in [0.1, 0.15) is 12.4 Å². The molecule has 7 heteroatoms. The second-order valence-electron chi connectivity index (χ2n) is 4.62. The van der Waals surface area contributed by atoms with E-state index in [4.69, 9.17) is 4.74 Å². The average molecular weight is 274 g/mol. The van der Waals surface area contributed by atoms with Gasteiger partial charge >= 0.3 is 0 Å². The number of rotatable bonds is 6. The van der Waals surface area contributed by atoms with Crippen LogP contribution in [0.15, 0.2) is 12.4 Å². The molecule has 0 saturated carbocycles. The lowest BCUT2D eigenvalue weighted by Crippen LogP contribution is -2.47. The monoisotopic (exact) mass is 274 g/mol. The Morgan fingerprint density at radius 2 is 2.42 bits per heavy atom. The molecule has 1 unspecified atom stereocenters. The molecule has 1 fully saturated rings. The molecule has 0 aliphatic carbocycles. The highest BCUT2D eigenvalue weighted by atomic mass is 19.3. The van der Waals surface area contributed by atoms with Crippen molar-refractivity contribution in [1.82, 2.24) is 19.8 Å². The molecule has 0 bridgehead atoms. The second-order valence-corrected chi connectivity index (χ2v) is 4.62. The number of imidazole rings is 1. The van der Waals surface area contributed by atoms with E-state index < -0.39 is 13.0 Å². The van der Waals surface area contributed by atoms with Crippen molar-refractivity contribution in [3.05, 3.63) is 18.2 Å². The lowest BCUT2D eigenvalue weighted by atomic mass is 10.2. The van der Waals surface area contributed by atoms with E-state index in [0.717, 1.165) is 25.5 Å². The van der Waals surface area contributed by atoms with Gasteiger partial charge in [-0.05, 0) is 0 Å². The zero-order valence-electron chi connectivity index (χ0n) is 11.1. The van der Waals surface area contributed by atoms with E-state index in [1.165, 1.54) is 0 Å². The molecule has 0 spiro atoms. The minimum absolute atomic E-state index is 0.170. The van der Waals surface area contributed by atoms with Crippen LogP contribution in [0.1, 0.15) is 11.9 Å². The fraction of sp³-hybridized carbons (Fsp3) is 0.750. The van der Waals surface area contributed by atoms with Crippen LogP contribution in [0.4, 0.5) is 8.78 Å². The molecule has 0 amide bonds. The highest BCUT2D eigenvalue weighted by molar-refractivity contribution is 5.02. The van der Waals surface area contributed by atoms with E-state index in [9.17, 15) is 8.78 Å². The maximum Gasteiger partial charge on any atom is 0.261 e. The Morgan fingerprint density at radius 3 is 3.11 bits per heavy atom. The van der Waals surface area contributed by atoms with Crippen LogP contribution in [0.3, 0.4) is 0 Å². The molecule has 5 nitrogen and oxygen atoms in total. The van der Waals surface area contributed by atoms with Gasteiger partial charge in [0, 0.05) is 45.6 Å². The number of alkyl halides is 2. The van der Waals surface area contributed by atoms with E-state index in [1.54, 1.807) is 6.20 Å². The minimum atomic E-state index is -2.40. The lowest BCUT2D eigenvalue weighted by Gasteiger charge is -2.35. The van der Waals surface area contributed by atoms with Gasteiger partial charge in [0.25, 0.3) is 6.43 Å². The Morgan fingerprint density at radius 1 is 1.58 bits per heavy atom. The lowest BCUT2D eigenvalue weighted by molar-refractivity contribution is 0.00304. The third-order valence-electron chi connectivity index (χ3n) is 3.28. The third kappa shape index (κ3) is 3.95. The number of nitrogens with one attached hydrogen (secondary N) is 1. The molecule has 1 aliphatic rings. The Kier molecular flexibility index (Phi) is 5.24. The number of aryl methyl sites for hydroxylation is 1. The molecule has 1 aromatic rings. The van der Waals surface area contributed by atoms with E-state index in [1.807, 2.05) is 17.8 Å². The van der Waals surface area contributed by atoms with Gasteiger partial charge < -0.3 is 14.6 Å². The maximum absolute atomic E-state index is 12.0. The molecular weight excluding hydrogens is 254 g/mol. The summed E-state index contributed by atoms with van der Waals surface area (Å²) in [6.45, 7) is 3.07. The molecule has 1 atom stereocenters. The Hall–Kier alpha value is -1.05. The van der Waals surface area contributed by atoms with Gasteiger partial charge in [-0.1, -0.05) is 0 Å². The van der Waals surface area contributed by atoms with Gasteiger partial charge in [-0.2, -0.15) is 0 Å². The van der Waals surface area contributed by atoms with Crippen LogP contribution in [0.25, 0.3) is 0 Å². The summed E-state index contributed by atoms with van der Waals surface area (Å²) in [6, 6.07) is 0.170. The van der Waals surface area contributed by atoms with Crippen LogP contribution in [-0.4, -0.2) is 60.3 Å². The summed E-state index contributed by atoms with van der Waals surface area (Å²) in [7, 11) is 1.96. The Bertz CT molecular complexity index is 386. The normalized spacial score (nSPS) is 21.2. The van der Waals surface area contributed by atoms with Crippen LogP contribution >= 0.6 is 0 Å². The van der Waals surface area contributed by atoms with Gasteiger partial charge in [0.15, 0.2) is 0 Å². The van der Waals surface area contributed by atoms with Crippen LogP contribution < -0.4 is 5.32 Å². The van der Waals surface area contributed by atoms with Crippen LogP contribution in [0.5, 0.6) is 0 Å². The number of hydrogen-bond donors (Lipinski definition) is 1. The summed E-state index contributed by atoms with van der Waals surface area (Å²) >= 11 is 0. The van der Waals surface area contributed by atoms with Crippen LogP contribution in [0.2, 0.25) is 0 Å². The van der Waals surface area contributed by atoms with Crippen molar-refractivity contribution in [1.29, 1.82) is 0 Å². The summed E-state index contributed by atoms with van der Waals surface area (Å²) in [5.41, 5.74) is 0. The molecule has 0 radical (unpaired) electrons. The fourth-order valence-corrected chi connectivity index (χ4v) is 2.32. The number of piperazine rings is 1. The van der Waals surface area contributed by atoms with Gasteiger partial charge in [0.05, 0.1) is 12.6 Å². The standard InChI is InChI=1S/C12H20F2N4O/c1-17-4-3-16-12(17)10-8-15-2-5-18(10)6-7-19-9-11(13)14/h3-4,10-11,15H,2,5-9H2,1H3. The highest BCUT2D eigenvalue weighted by Crippen LogP contribution is 2.19. The molecule has 0 aromatic carbocycles. The Labute approximate surface area is 111 Å². The largest absolute Gasteiger partial charge is 0.374 e. The average Bonchev–Trinajstić information content (AvgIpc) is 2.81. The van der Waals surface area contributed by atoms with Crippen molar-refractivity contribution in [3.8, 4) is 0 Å². The summed E-state index contributed by atoms with van der Waals surface area (Å²) in [5, 5.41) is 3.33. The summed E-state index contributed by atoms with van der Waals surface area (Å²) in [4.78, 5) is 6.59. The van der Waals surface area contributed by atoms with E-state index in [0.29, 0.717) is 13.2 Å². The van der Waals surface area contributed by atoms with Crippen molar-refractivity contribution in [2.24, 2.45) is 7.05 Å². The zero-order chi connectivity index (χ0) is 13.7. The van der Waals surface area contributed by atoms with E-state index in [-0.39, 0.29) is 6.04 Å². The first-order valence-electron chi connectivity index (χ1n) is 6.46. The van der Waals surface area contributed by atoms with Crippen molar-refractivity contribution >= 4 is 0 Å². The molecule has 1 saturated heterocycles. The number of hydrogen-bond acceptors (Lipinski definition) is 4. The van der Waals surface area contributed by atoms with Gasteiger partial charge in [-0.25, -0.2) is 13.8 Å². The smallest absolute Gasteiger partial charge is 0.261 e. The number of aromatic nitrogens is 2. The molecule has 1 aliphatic heterocycles. The van der Waals surface area contributed by atoms with Gasteiger partial charge in [-0.3, -0.25) is 4.90 Å². The molecule has 1 aromatic heterocycles. The number of ether oxygens (including phenoxy) is 1. The van der Waals surface area contributed by atoms with Crippen molar-refractivity contribution in [2.45, 2.75) is 12.5 Å². The molecule has 108 valence electrons. The zero-order valence-corrected chi connectivity index (χ0v) is 11.1. The predicted octanol–water partition coefficient (Wildman–Crippen LogP) is 0.648. The van der Waals surface area contributed by atoms with E-state index in [2.05, 4.69) is 15.2 Å². The second kappa shape index (κ2) is 6.93. The molecular formula is C12H20F2N4O. The summed E-state index contributed by atoms with van der Waals surface area (Å²) in [6.07, 6.45) is 1.29. The first-order valence-corrected chi connectivity index (χ1v) is 6.46. The third-order valence-corrected chi connectivity index (χ3v) is 3.28.